The topological polar surface area (TPSA) is 62.1 Å². The van der Waals surface area contributed by atoms with Gasteiger partial charge in [-0.3, -0.25) is 4.79 Å². The first-order valence-corrected chi connectivity index (χ1v) is 9.48. The standard InChI is InChI=1S/C25H22N2O2/c1-2-20-12-6-8-14-23(20)27-25(28)22(17-26)16-21-13-7-9-15-24(21)29-18-19-10-4-3-5-11-19/h3-16H,2,18H2,1H3,(H,27,28)/b22-16+. The van der Waals surface area contributed by atoms with Gasteiger partial charge in [-0.25, -0.2) is 0 Å². The minimum atomic E-state index is -0.439. The van der Waals surface area contributed by atoms with Crippen molar-refractivity contribution in [1.82, 2.24) is 0 Å². The normalized spacial score (nSPS) is 10.8. The summed E-state index contributed by atoms with van der Waals surface area (Å²) >= 11 is 0. The Kier molecular flexibility index (Phi) is 6.80. The van der Waals surface area contributed by atoms with Crippen LogP contribution in [0, 0.1) is 11.3 Å². The lowest BCUT2D eigenvalue weighted by molar-refractivity contribution is -0.112. The molecule has 0 bridgehead atoms. The molecule has 29 heavy (non-hydrogen) atoms. The Morgan fingerprint density at radius 3 is 2.45 bits per heavy atom. The Bertz CT molecular complexity index is 1050. The summed E-state index contributed by atoms with van der Waals surface area (Å²) in [4.78, 5) is 12.7. The molecule has 3 rings (SSSR count). The molecule has 0 unspecified atom stereocenters. The summed E-state index contributed by atoms with van der Waals surface area (Å²) in [5.41, 5.74) is 3.48. The van der Waals surface area contributed by atoms with Crippen molar-refractivity contribution in [3.63, 3.8) is 0 Å². The highest BCUT2D eigenvalue weighted by Crippen LogP contribution is 2.23. The van der Waals surface area contributed by atoms with Gasteiger partial charge in [0, 0.05) is 11.3 Å². The lowest BCUT2D eigenvalue weighted by atomic mass is 10.1. The van der Waals surface area contributed by atoms with E-state index in [1.807, 2.05) is 91.9 Å². The number of benzene rings is 3. The van der Waals surface area contributed by atoms with Gasteiger partial charge in [0.05, 0.1) is 0 Å². The van der Waals surface area contributed by atoms with Gasteiger partial charge in [0.2, 0.25) is 0 Å². The van der Waals surface area contributed by atoms with E-state index in [2.05, 4.69) is 5.32 Å². The molecule has 0 aliphatic heterocycles. The molecule has 0 saturated heterocycles. The fourth-order valence-electron chi connectivity index (χ4n) is 2.91. The van der Waals surface area contributed by atoms with E-state index >= 15 is 0 Å². The van der Waals surface area contributed by atoms with Crippen LogP contribution in [0.1, 0.15) is 23.6 Å². The zero-order valence-electron chi connectivity index (χ0n) is 16.3. The monoisotopic (exact) mass is 382 g/mol. The summed E-state index contributed by atoms with van der Waals surface area (Å²) in [6.07, 6.45) is 2.35. The van der Waals surface area contributed by atoms with Crippen molar-refractivity contribution in [2.75, 3.05) is 5.32 Å². The van der Waals surface area contributed by atoms with E-state index in [4.69, 9.17) is 4.74 Å². The Hall–Kier alpha value is -3.84. The summed E-state index contributed by atoms with van der Waals surface area (Å²) in [5, 5.41) is 12.4. The molecule has 0 spiro atoms. The molecule has 0 heterocycles. The lowest BCUT2D eigenvalue weighted by Gasteiger charge is -2.11. The molecule has 1 N–H and O–H groups in total. The van der Waals surface area contributed by atoms with Crippen LogP contribution in [0.2, 0.25) is 0 Å². The van der Waals surface area contributed by atoms with Gasteiger partial charge in [0.15, 0.2) is 0 Å². The molecule has 144 valence electrons. The molecular formula is C25H22N2O2. The number of para-hydroxylation sites is 2. The first-order valence-electron chi connectivity index (χ1n) is 9.48. The van der Waals surface area contributed by atoms with Crippen LogP contribution in [0.15, 0.2) is 84.4 Å². The molecule has 0 fully saturated rings. The summed E-state index contributed by atoms with van der Waals surface area (Å²) in [6, 6.07) is 26.8. The van der Waals surface area contributed by atoms with Crippen LogP contribution >= 0.6 is 0 Å². The number of amides is 1. The summed E-state index contributed by atoms with van der Waals surface area (Å²) in [7, 11) is 0. The minimum absolute atomic E-state index is 0.0201. The van der Waals surface area contributed by atoms with Gasteiger partial charge in [-0.1, -0.05) is 73.7 Å². The lowest BCUT2D eigenvalue weighted by Crippen LogP contribution is -2.14. The van der Waals surface area contributed by atoms with Crippen LogP contribution in [0.5, 0.6) is 5.75 Å². The van der Waals surface area contributed by atoms with E-state index in [9.17, 15) is 10.1 Å². The molecule has 0 aromatic heterocycles. The van der Waals surface area contributed by atoms with Crippen LogP contribution in [-0.2, 0) is 17.8 Å². The number of carbonyl (C=O) groups is 1. The van der Waals surface area contributed by atoms with Crippen molar-refractivity contribution in [2.24, 2.45) is 0 Å². The molecule has 4 nitrogen and oxygen atoms in total. The van der Waals surface area contributed by atoms with E-state index in [1.165, 1.54) is 0 Å². The van der Waals surface area contributed by atoms with Gasteiger partial charge in [-0.2, -0.15) is 5.26 Å². The predicted octanol–water partition coefficient (Wildman–Crippen LogP) is 5.37. The zero-order valence-corrected chi connectivity index (χ0v) is 16.3. The van der Waals surface area contributed by atoms with E-state index in [0.29, 0.717) is 17.9 Å². The molecule has 3 aromatic rings. The van der Waals surface area contributed by atoms with Crippen molar-refractivity contribution >= 4 is 17.7 Å². The van der Waals surface area contributed by atoms with Gasteiger partial charge in [0.1, 0.15) is 24.0 Å². The molecular weight excluding hydrogens is 360 g/mol. The highest BCUT2D eigenvalue weighted by atomic mass is 16.5. The average Bonchev–Trinajstić information content (AvgIpc) is 2.77. The summed E-state index contributed by atoms with van der Waals surface area (Å²) in [6.45, 7) is 2.43. The third-order valence-electron chi connectivity index (χ3n) is 4.47. The molecule has 0 aliphatic carbocycles. The number of ether oxygens (including phenoxy) is 1. The zero-order chi connectivity index (χ0) is 20.5. The van der Waals surface area contributed by atoms with Crippen LogP contribution in [0.4, 0.5) is 5.69 Å². The highest BCUT2D eigenvalue weighted by Gasteiger charge is 2.12. The van der Waals surface area contributed by atoms with Gasteiger partial charge in [-0.05, 0) is 35.8 Å². The Morgan fingerprint density at radius 2 is 1.69 bits per heavy atom. The molecule has 0 saturated carbocycles. The maximum absolute atomic E-state index is 12.7. The predicted molar refractivity (Wildman–Crippen MR) is 115 cm³/mol. The number of nitriles is 1. The maximum Gasteiger partial charge on any atom is 0.266 e. The number of nitrogens with one attached hydrogen (secondary N) is 1. The second-order valence-electron chi connectivity index (χ2n) is 6.45. The number of anilines is 1. The number of carbonyl (C=O) groups excluding carboxylic acids is 1. The number of rotatable bonds is 7. The second kappa shape index (κ2) is 9.91. The van der Waals surface area contributed by atoms with Crippen molar-refractivity contribution < 1.29 is 9.53 Å². The summed E-state index contributed by atoms with van der Waals surface area (Å²) in [5.74, 6) is 0.178. The van der Waals surface area contributed by atoms with Crippen LogP contribution in [0.3, 0.4) is 0 Å². The van der Waals surface area contributed by atoms with E-state index in [1.54, 1.807) is 6.08 Å². The number of nitrogens with zero attached hydrogens (tertiary/aromatic N) is 1. The van der Waals surface area contributed by atoms with Gasteiger partial charge in [0.25, 0.3) is 5.91 Å². The minimum Gasteiger partial charge on any atom is -0.488 e. The number of aryl methyl sites for hydroxylation is 1. The smallest absolute Gasteiger partial charge is 0.266 e. The van der Waals surface area contributed by atoms with Crippen LogP contribution in [0.25, 0.3) is 6.08 Å². The van der Waals surface area contributed by atoms with Gasteiger partial charge >= 0.3 is 0 Å². The van der Waals surface area contributed by atoms with Gasteiger partial charge < -0.3 is 10.1 Å². The SMILES string of the molecule is CCc1ccccc1NC(=O)/C(C#N)=C/c1ccccc1OCc1ccccc1. The molecule has 0 aliphatic rings. The van der Waals surface area contributed by atoms with Crippen LogP contribution in [-0.4, -0.2) is 5.91 Å². The van der Waals surface area contributed by atoms with E-state index in [-0.39, 0.29) is 5.57 Å². The largest absolute Gasteiger partial charge is 0.488 e. The number of hydrogen-bond acceptors (Lipinski definition) is 3. The van der Waals surface area contributed by atoms with Crippen LogP contribution < -0.4 is 10.1 Å². The number of hydrogen-bond donors (Lipinski definition) is 1. The Morgan fingerprint density at radius 1 is 1.00 bits per heavy atom. The fraction of sp³-hybridized carbons (Fsp3) is 0.120. The van der Waals surface area contributed by atoms with Gasteiger partial charge in [-0.15, -0.1) is 0 Å². The quantitative estimate of drug-likeness (QED) is 0.441. The summed E-state index contributed by atoms with van der Waals surface area (Å²) < 4.78 is 5.92. The molecule has 0 radical (unpaired) electrons. The molecule has 1 amide bonds. The van der Waals surface area contributed by atoms with Crippen molar-refractivity contribution in [2.45, 2.75) is 20.0 Å². The third kappa shape index (κ3) is 5.33. The fourth-order valence-corrected chi connectivity index (χ4v) is 2.91. The van der Waals surface area contributed by atoms with E-state index in [0.717, 1.165) is 23.2 Å². The molecule has 3 aromatic carbocycles. The third-order valence-corrected chi connectivity index (χ3v) is 4.47. The second-order valence-corrected chi connectivity index (χ2v) is 6.45. The van der Waals surface area contributed by atoms with E-state index < -0.39 is 5.91 Å². The molecule has 0 atom stereocenters. The Balaban J connectivity index is 1.80. The first kappa shape index (κ1) is 19.9. The molecule has 4 heteroatoms. The maximum atomic E-state index is 12.7. The average molecular weight is 382 g/mol. The Labute approximate surface area is 171 Å². The first-order chi connectivity index (χ1) is 14.2. The van der Waals surface area contributed by atoms with Crippen molar-refractivity contribution in [3.8, 4) is 11.8 Å². The highest BCUT2D eigenvalue weighted by molar-refractivity contribution is 6.10. The van der Waals surface area contributed by atoms with Crippen molar-refractivity contribution in [1.29, 1.82) is 5.26 Å². The van der Waals surface area contributed by atoms with Crippen molar-refractivity contribution in [3.05, 3.63) is 101 Å².